The first kappa shape index (κ1) is 10.9. The molecular formula is C8H19NO2. The highest BCUT2D eigenvalue weighted by molar-refractivity contribution is 4.82. The van der Waals surface area contributed by atoms with Gasteiger partial charge in [0.15, 0.2) is 0 Å². The first-order chi connectivity index (χ1) is 5.00. The summed E-state index contributed by atoms with van der Waals surface area (Å²) in [5.74, 6) is 0. The van der Waals surface area contributed by atoms with Crippen LogP contribution >= 0.6 is 0 Å². The van der Waals surface area contributed by atoms with Crippen molar-refractivity contribution in [2.45, 2.75) is 32.4 Å². The van der Waals surface area contributed by atoms with Gasteiger partial charge in [0.2, 0.25) is 0 Å². The molecule has 0 amide bonds. The van der Waals surface area contributed by atoms with Crippen LogP contribution in [0.3, 0.4) is 0 Å². The van der Waals surface area contributed by atoms with E-state index in [9.17, 15) is 5.11 Å². The Morgan fingerprint density at radius 2 is 2.09 bits per heavy atom. The van der Waals surface area contributed by atoms with Crippen LogP contribution in [0.4, 0.5) is 0 Å². The number of ether oxygens (including phenoxy) is 1. The maximum absolute atomic E-state index is 9.28. The van der Waals surface area contributed by atoms with E-state index in [0.717, 1.165) is 6.54 Å². The zero-order valence-corrected chi connectivity index (χ0v) is 7.85. The van der Waals surface area contributed by atoms with Gasteiger partial charge in [0.25, 0.3) is 0 Å². The molecule has 0 aliphatic heterocycles. The summed E-state index contributed by atoms with van der Waals surface area (Å²) in [6.45, 7) is 7.16. The smallest absolute Gasteiger partial charge is 0.0688 e. The Morgan fingerprint density at radius 3 is 2.45 bits per heavy atom. The van der Waals surface area contributed by atoms with E-state index in [0.29, 0.717) is 6.61 Å². The van der Waals surface area contributed by atoms with Gasteiger partial charge in [0.05, 0.1) is 12.7 Å². The summed E-state index contributed by atoms with van der Waals surface area (Å²) < 4.78 is 4.87. The van der Waals surface area contributed by atoms with E-state index in [2.05, 4.69) is 5.32 Å². The van der Waals surface area contributed by atoms with Crippen LogP contribution < -0.4 is 5.32 Å². The first-order valence-electron chi connectivity index (χ1n) is 3.92. The van der Waals surface area contributed by atoms with Gasteiger partial charge in [-0.25, -0.2) is 0 Å². The van der Waals surface area contributed by atoms with E-state index in [4.69, 9.17) is 4.74 Å². The third kappa shape index (κ3) is 4.35. The van der Waals surface area contributed by atoms with Crippen LogP contribution in [-0.4, -0.2) is 37.0 Å². The van der Waals surface area contributed by atoms with Crippen LogP contribution in [0.5, 0.6) is 0 Å². The van der Waals surface area contributed by atoms with Crippen molar-refractivity contribution in [2.24, 2.45) is 0 Å². The second kappa shape index (κ2) is 4.70. The van der Waals surface area contributed by atoms with Crippen LogP contribution in [0.25, 0.3) is 0 Å². The van der Waals surface area contributed by atoms with Gasteiger partial charge in [-0.05, 0) is 20.8 Å². The number of aliphatic hydroxyl groups excluding tert-OH is 1. The van der Waals surface area contributed by atoms with Gasteiger partial charge in [-0.2, -0.15) is 0 Å². The Morgan fingerprint density at radius 1 is 1.55 bits per heavy atom. The van der Waals surface area contributed by atoms with Gasteiger partial charge >= 0.3 is 0 Å². The molecule has 0 bridgehead atoms. The van der Waals surface area contributed by atoms with Crippen LogP contribution in [-0.2, 0) is 4.74 Å². The van der Waals surface area contributed by atoms with Crippen LogP contribution in [0.2, 0.25) is 0 Å². The maximum atomic E-state index is 9.28. The number of rotatable bonds is 5. The fourth-order valence-electron chi connectivity index (χ4n) is 0.623. The zero-order valence-electron chi connectivity index (χ0n) is 7.85. The molecule has 0 heterocycles. The van der Waals surface area contributed by atoms with Gasteiger partial charge in [-0.15, -0.1) is 0 Å². The summed E-state index contributed by atoms with van der Waals surface area (Å²) in [5.41, 5.74) is -0.224. The lowest BCUT2D eigenvalue weighted by atomic mass is 9.99. The largest absolute Gasteiger partial charge is 0.392 e. The normalized spacial score (nSPS) is 15.0. The van der Waals surface area contributed by atoms with Crippen LogP contribution in [0.1, 0.15) is 20.8 Å². The molecule has 0 aliphatic carbocycles. The molecule has 68 valence electrons. The van der Waals surface area contributed by atoms with E-state index in [1.807, 2.05) is 13.8 Å². The molecule has 0 saturated carbocycles. The summed E-state index contributed by atoms with van der Waals surface area (Å²) in [6.07, 6.45) is -0.348. The molecule has 0 aliphatic rings. The predicted molar refractivity (Wildman–Crippen MR) is 45.6 cm³/mol. The van der Waals surface area contributed by atoms with Gasteiger partial charge in [0.1, 0.15) is 0 Å². The van der Waals surface area contributed by atoms with Crippen molar-refractivity contribution >= 4 is 0 Å². The van der Waals surface area contributed by atoms with E-state index in [-0.39, 0.29) is 11.6 Å². The molecule has 0 saturated heterocycles. The highest BCUT2D eigenvalue weighted by Gasteiger charge is 2.22. The predicted octanol–water partition coefficient (Wildman–Crippen LogP) is 0.382. The van der Waals surface area contributed by atoms with E-state index < -0.39 is 0 Å². The second-order valence-electron chi connectivity index (χ2n) is 3.32. The minimum absolute atomic E-state index is 0.224. The Bertz CT molecular complexity index is 102. The van der Waals surface area contributed by atoms with Crippen molar-refractivity contribution in [3.05, 3.63) is 0 Å². The quantitative estimate of drug-likeness (QED) is 0.573. The van der Waals surface area contributed by atoms with E-state index in [1.165, 1.54) is 0 Å². The third-order valence-electron chi connectivity index (χ3n) is 1.93. The second-order valence-corrected chi connectivity index (χ2v) is 3.32. The van der Waals surface area contributed by atoms with Crippen molar-refractivity contribution in [1.29, 1.82) is 0 Å². The first-order valence-corrected chi connectivity index (χ1v) is 3.92. The fraction of sp³-hybridized carbons (Fsp3) is 1.00. The number of hydrogen-bond donors (Lipinski definition) is 2. The summed E-state index contributed by atoms with van der Waals surface area (Å²) in [6, 6.07) is 0. The molecule has 0 fully saturated rings. The van der Waals surface area contributed by atoms with Gasteiger partial charge in [-0.1, -0.05) is 0 Å². The molecule has 0 spiro atoms. The summed E-state index contributed by atoms with van der Waals surface area (Å²) in [4.78, 5) is 0. The van der Waals surface area contributed by atoms with Crippen molar-refractivity contribution < 1.29 is 9.84 Å². The molecular weight excluding hydrogens is 142 g/mol. The fourth-order valence-corrected chi connectivity index (χ4v) is 0.623. The summed E-state index contributed by atoms with van der Waals surface area (Å²) >= 11 is 0. The monoisotopic (exact) mass is 161 g/mol. The Hall–Kier alpha value is -0.120. The van der Waals surface area contributed by atoms with Crippen molar-refractivity contribution in [3.63, 3.8) is 0 Å². The lowest BCUT2D eigenvalue weighted by molar-refractivity contribution is 0.0889. The molecule has 11 heavy (non-hydrogen) atoms. The van der Waals surface area contributed by atoms with Gasteiger partial charge in [0, 0.05) is 19.2 Å². The summed E-state index contributed by atoms with van der Waals surface area (Å²) in [7, 11) is 1.66. The maximum Gasteiger partial charge on any atom is 0.0688 e. The molecule has 3 heteroatoms. The minimum Gasteiger partial charge on any atom is -0.392 e. The average Bonchev–Trinajstić information content (AvgIpc) is 1.88. The topological polar surface area (TPSA) is 41.5 Å². The molecule has 1 atom stereocenters. The van der Waals surface area contributed by atoms with E-state index >= 15 is 0 Å². The van der Waals surface area contributed by atoms with Crippen molar-refractivity contribution in [1.82, 2.24) is 5.32 Å². The molecule has 2 N–H and O–H groups in total. The highest BCUT2D eigenvalue weighted by atomic mass is 16.5. The van der Waals surface area contributed by atoms with Gasteiger partial charge in [-0.3, -0.25) is 0 Å². The molecule has 0 aromatic carbocycles. The Kier molecular flexibility index (Phi) is 4.65. The Balaban J connectivity index is 3.55. The summed E-state index contributed by atoms with van der Waals surface area (Å²) in [5, 5.41) is 12.5. The number of nitrogens with one attached hydrogen (secondary N) is 1. The Labute approximate surface area is 68.8 Å². The van der Waals surface area contributed by atoms with E-state index in [1.54, 1.807) is 14.0 Å². The third-order valence-corrected chi connectivity index (χ3v) is 1.93. The van der Waals surface area contributed by atoms with Crippen molar-refractivity contribution in [2.75, 3.05) is 20.3 Å². The lowest BCUT2D eigenvalue weighted by Gasteiger charge is -2.29. The number of aliphatic hydroxyl groups is 1. The van der Waals surface area contributed by atoms with Crippen LogP contribution in [0.15, 0.2) is 0 Å². The van der Waals surface area contributed by atoms with Crippen LogP contribution in [0, 0.1) is 0 Å². The average molecular weight is 161 g/mol. The molecule has 0 aromatic rings. The van der Waals surface area contributed by atoms with Crippen molar-refractivity contribution in [3.8, 4) is 0 Å². The molecule has 0 radical (unpaired) electrons. The zero-order chi connectivity index (χ0) is 8.91. The molecule has 0 rings (SSSR count). The minimum atomic E-state index is -0.348. The molecule has 1 unspecified atom stereocenters. The SMILES string of the molecule is COCCNC(C)(C)C(C)O. The lowest BCUT2D eigenvalue weighted by Crippen LogP contribution is -2.49. The van der Waals surface area contributed by atoms with Gasteiger partial charge < -0.3 is 15.2 Å². The molecule has 0 aromatic heterocycles. The number of methoxy groups -OCH3 is 1. The molecule has 3 nitrogen and oxygen atoms in total. The highest BCUT2D eigenvalue weighted by Crippen LogP contribution is 2.06. The number of hydrogen-bond acceptors (Lipinski definition) is 3. The standard InChI is InChI=1S/C8H19NO2/c1-7(10)8(2,3)9-5-6-11-4/h7,9-10H,5-6H2,1-4H3.